The summed E-state index contributed by atoms with van der Waals surface area (Å²) >= 11 is 2.06. The first-order chi connectivity index (χ1) is 6.84. The number of nitrogens with zero attached hydrogens (tertiary/aromatic N) is 2. The molecule has 0 unspecified atom stereocenters. The maximum Gasteiger partial charge on any atom is 0.0762 e. The zero-order valence-corrected chi connectivity index (χ0v) is 9.39. The van der Waals surface area contributed by atoms with Gasteiger partial charge in [-0.15, -0.1) is 0 Å². The molecule has 78 valence electrons. The fourth-order valence-electron chi connectivity index (χ4n) is 1.71. The largest absolute Gasteiger partial charge is 0.308 e. The minimum absolute atomic E-state index is 0.707. The number of aryl methyl sites for hydroxylation is 1. The van der Waals surface area contributed by atoms with Crippen molar-refractivity contribution in [2.24, 2.45) is 7.05 Å². The van der Waals surface area contributed by atoms with Crippen molar-refractivity contribution in [1.29, 1.82) is 0 Å². The van der Waals surface area contributed by atoms with Gasteiger partial charge in [-0.25, -0.2) is 0 Å². The van der Waals surface area contributed by atoms with E-state index in [1.807, 2.05) is 17.9 Å². The molecule has 2 heterocycles. The number of hydrogen-bond acceptors (Lipinski definition) is 3. The van der Waals surface area contributed by atoms with Crippen molar-refractivity contribution in [1.82, 2.24) is 15.1 Å². The zero-order chi connectivity index (χ0) is 9.80. The van der Waals surface area contributed by atoms with Crippen LogP contribution >= 0.6 is 11.8 Å². The van der Waals surface area contributed by atoms with E-state index in [1.54, 1.807) is 0 Å². The molecule has 0 aromatic carbocycles. The van der Waals surface area contributed by atoms with Crippen LogP contribution in [0, 0.1) is 0 Å². The molecule has 1 aromatic heterocycles. The highest BCUT2D eigenvalue weighted by atomic mass is 32.2. The molecule has 0 spiro atoms. The van der Waals surface area contributed by atoms with Crippen molar-refractivity contribution in [3.05, 3.63) is 18.0 Å². The van der Waals surface area contributed by atoms with E-state index in [9.17, 15) is 0 Å². The summed E-state index contributed by atoms with van der Waals surface area (Å²) in [6.45, 7) is 0.913. The highest BCUT2D eigenvalue weighted by molar-refractivity contribution is 7.99. The Morgan fingerprint density at radius 2 is 2.36 bits per heavy atom. The van der Waals surface area contributed by atoms with Crippen molar-refractivity contribution in [3.8, 4) is 0 Å². The Bertz CT molecular complexity index is 279. The van der Waals surface area contributed by atoms with Crippen LogP contribution in [0.4, 0.5) is 0 Å². The van der Waals surface area contributed by atoms with Gasteiger partial charge in [0, 0.05) is 25.8 Å². The van der Waals surface area contributed by atoms with Gasteiger partial charge in [0.2, 0.25) is 0 Å². The van der Waals surface area contributed by atoms with Crippen LogP contribution < -0.4 is 5.32 Å². The highest BCUT2D eigenvalue weighted by Gasteiger charge is 2.12. The Morgan fingerprint density at radius 3 is 3.00 bits per heavy atom. The van der Waals surface area contributed by atoms with E-state index >= 15 is 0 Å². The maximum absolute atomic E-state index is 4.34. The summed E-state index contributed by atoms with van der Waals surface area (Å²) in [6.07, 6.45) is 4.60. The van der Waals surface area contributed by atoms with Gasteiger partial charge in [0.1, 0.15) is 0 Å². The summed E-state index contributed by atoms with van der Waals surface area (Å²) in [6, 6.07) is 2.78. The Balaban J connectivity index is 1.76. The molecular weight excluding hydrogens is 194 g/mol. The Labute approximate surface area is 89.3 Å². The third-order valence-electron chi connectivity index (χ3n) is 2.56. The third-order valence-corrected chi connectivity index (χ3v) is 3.61. The van der Waals surface area contributed by atoms with Crippen LogP contribution in [0.2, 0.25) is 0 Å². The number of thioether (sulfide) groups is 1. The fourth-order valence-corrected chi connectivity index (χ4v) is 2.81. The van der Waals surface area contributed by atoms with Crippen molar-refractivity contribution < 1.29 is 0 Å². The minimum Gasteiger partial charge on any atom is -0.308 e. The molecule has 3 nitrogen and oxygen atoms in total. The van der Waals surface area contributed by atoms with Crippen LogP contribution in [-0.2, 0) is 13.6 Å². The topological polar surface area (TPSA) is 29.9 Å². The molecule has 1 aliphatic heterocycles. The molecule has 0 atom stereocenters. The molecule has 1 saturated heterocycles. The SMILES string of the molecule is Cn1ccc(CNC2CCSCC2)n1. The van der Waals surface area contributed by atoms with Crippen LogP contribution in [0.3, 0.4) is 0 Å². The van der Waals surface area contributed by atoms with E-state index in [1.165, 1.54) is 24.3 Å². The van der Waals surface area contributed by atoms with Gasteiger partial charge >= 0.3 is 0 Å². The molecule has 1 N–H and O–H groups in total. The summed E-state index contributed by atoms with van der Waals surface area (Å²) in [5.74, 6) is 2.61. The van der Waals surface area contributed by atoms with E-state index in [2.05, 4.69) is 28.2 Å². The van der Waals surface area contributed by atoms with Crippen LogP contribution in [0.5, 0.6) is 0 Å². The molecule has 0 radical (unpaired) electrons. The first kappa shape index (κ1) is 10.1. The average molecular weight is 211 g/mol. The van der Waals surface area contributed by atoms with Gasteiger partial charge < -0.3 is 5.32 Å². The maximum atomic E-state index is 4.34. The van der Waals surface area contributed by atoms with Crippen LogP contribution in [0.15, 0.2) is 12.3 Å². The van der Waals surface area contributed by atoms with Gasteiger partial charge in [0.05, 0.1) is 5.69 Å². The molecule has 2 rings (SSSR count). The van der Waals surface area contributed by atoms with E-state index in [-0.39, 0.29) is 0 Å². The Hall–Kier alpha value is -0.480. The zero-order valence-electron chi connectivity index (χ0n) is 8.57. The monoisotopic (exact) mass is 211 g/mol. The standard InChI is InChI=1S/C10H17N3S/c1-13-5-2-10(12-13)8-11-9-3-6-14-7-4-9/h2,5,9,11H,3-4,6-8H2,1H3. The number of nitrogens with one attached hydrogen (secondary N) is 1. The van der Waals surface area contributed by atoms with E-state index in [0.717, 1.165) is 12.2 Å². The normalized spacial score (nSPS) is 18.6. The van der Waals surface area contributed by atoms with E-state index in [4.69, 9.17) is 0 Å². The summed E-state index contributed by atoms with van der Waals surface area (Å²) in [5.41, 5.74) is 1.14. The van der Waals surface area contributed by atoms with E-state index < -0.39 is 0 Å². The predicted octanol–water partition coefficient (Wildman–Crippen LogP) is 1.41. The number of aromatic nitrogens is 2. The van der Waals surface area contributed by atoms with Gasteiger partial charge in [0.25, 0.3) is 0 Å². The molecule has 4 heteroatoms. The molecule has 0 bridgehead atoms. The smallest absolute Gasteiger partial charge is 0.0762 e. The van der Waals surface area contributed by atoms with Gasteiger partial charge in [-0.05, 0) is 30.4 Å². The molecular formula is C10H17N3S. The Kier molecular flexibility index (Phi) is 3.48. The summed E-state index contributed by atoms with van der Waals surface area (Å²) in [7, 11) is 1.96. The predicted molar refractivity (Wildman–Crippen MR) is 60.4 cm³/mol. The van der Waals surface area contributed by atoms with Crippen LogP contribution in [0.25, 0.3) is 0 Å². The highest BCUT2D eigenvalue weighted by Crippen LogP contribution is 2.17. The lowest BCUT2D eigenvalue weighted by atomic mass is 10.1. The van der Waals surface area contributed by atoms with Crippen LogP contribution in [0.1, 0.15) is 18.5 Å². The van der Waals surface area contributed by atoms with Crippen molar-refractivity contribution >= 4 is 11.8 Å². The molecule has 1 aliphatic rings. The molecule has 0 saturated carbocycles. The molecule has 0 amide bonds. The first-order valence-electron chi connectivity index (χ1n) is 5.14. The molecule has 1 fully saturated rings. The minimum atomic E-state index is 0.707. The van der Waals surface area contributed by atoms with Gasteiger partial charge in [-0.2, -0.15) is 16.9 Å². The summed E-state index contributed by atoms with van der Waals surface area (Å²) in [4.78, 5) is 0. The van der Waals surface area contributed by atoms with Crippen molar-refractivity contribution in [3.63, 3.8) is 0 Å². The second-order valence-corrected chi connectivity index (χ2v) is 4.97. The lowest BCUT2D eigenvalue weighted by Crippen LogP contribution is -2.32. The average Bonchev–Trinajstić information content (AvgIpc) is 2.63. The second-order valence-electron chi connectivity index (χ2n) is 3.75. The Morgan fingerprint density at radius 1 is 1.57 bits per heavy atom. The van der Waals surface area contributed by atoms with Gasteiger partial charge in [0.15, 0.2) is 0 Å². The molecule has 14 heavy (non-hydrogen) atoms. The number of rotatable bonds is 3. The fraction of sp³-hybridized carbons (Fsp3) is 0.700. The second kappa shape index (κ2) is 4.84. The van der Waals surface area contributed by atoms with Crippen molar-refractivity contribution in [2.45, 2.75) is 25.4 Å². The van der Waals surface area contributed by atoms with E-state index in [0.29, 0.717) is 6.04 Å². The lowest BCUT2D eigenvalue weighted by Gasteiger charge is -2.22. The van der Waals surface area contributed by atoms with Gasteiger partial charge in [-0.1, -0.05) is 0 Å². The first-order valence-corrected chi connectivity index (χ1v) is 6.30. The molecule has 0 aliphatic carbocycles. The van der Waals surface area contributed by atoms with Gasteiger partial charge in [-0.3, -0.25) is 4.68 Å². The summed E-state index contributed by atoms with van der Waals surface area (Å²) < 4.78 is 1.85. The number of hydrogen-bond donors (Lipinski definition) is 1. The third kappa shape index (κ3) is 2.75. The van der Waals surface area contributed by atoms with Crippen LogP contribution in [-0.4, -0.2) is 27.3 Å². The quantitative estimate of drug-likeness (QED) is 0.820. The van der Waals surface area contributed by atoms with Crippen molar-refractivity contribution in [2.75, 3.05) is 11.5 Å². The molecule has 1 aromatic rings. The lowest BCUT2D eigenvalue weighted by molar-refractivity contribution is 0.477. The summed E-state index contributed by atoms with van der Waals surface area (Å²) in [5, 5.41) is 7.91.